The lowest BCUT2D eigenvalue weighted by molar-refractivity contribution is -0.116. The summed E-state index contributed by atoms with van der Waals surface area (Å²) in [7, 11) is 0. The van der Waals surface area contributed by atoms with Gasteiger partial charge in [0.2, 0.25) is 5.91 Å². The largest absolute Gasteiger partial charge is 0.328 e. The molecule has 0 radical (unpaired) electrons. The van der Waals surface area contributed by atoms with Crippen molar-refractivity contribution in [3.05, 3.63) is 45.7 Å². The fraction of sp³-hybridized carbons (Fsp3) is 0.421. The number of hydrogen-bond acceptors (Lipinski definition) is 3. The predicted octanol–water partition coefficient (Wildman–Crippen LogP) is 4.41. The number of rotatable bonds is 8. The average molecular weight is 411 g/mol. The Bertz CT molecular complexity index is 805. The Morgan fingerprint density at radius 3 is 2.67 bits per heavy atom. The van der Waals surface area contributed by atoms with E-state index in [1.165, 1.54) is 4.90 Å². The van der Waals surface area contributed by atoms with Crippen LogP contribution in [0.3, 0.4) is 0 Å². The first-order valence-electron chi connectivity index (χ1n) is 8.88. The molecule has 146 valence electrons. The van der Waals surface area contributed by atoms with Gasteiger partial charge < -0.3 is 10.2 Å². The van der Waals surface area contributed by atoms with Crippen molar-refractivity contribution in [3.63, 3.8) is 0 Å². The maximum absolute atomic E-state index is 12.8. The molecule has 1 heterocycles. The standard InChI is InChI=1S/C19H24Cl2N4O2/c1-4-7-25(19(27)17-10-14(23-24-17)8-12(2)3)11-18(26)22-16-9-13(20)5-6-15(16)21/h5-6,9-10,12H,4,7-8,11H2,1-3H3,(H,22,26)(H,23,24). The normalized spacial score (nSPS) is 10.9. The van der Waals surface area contributed by atoms with Gasteiger partial charge in [0.05, 0.1) is 10.7 Å². The van der Waals surface area contributed by atoms with Crippen molar-refractivity contribution < 1.29 is 9.59 Å². The summed E-state index contributed by atoms with van der Waals surface area (Å²) in [5.74, 6) is -0.178. The van der Waals surface area contributed by atoms with Crippen molar-refractivity contribution in [3.8, 4) is 0 Å². The summed E-state index contributed by atoms with van der Waals surface area (Å²) in [5, 5.41) is 10.5. The zero-order valence-electron chi connectivity index (χ0n) is 15.7. The van der Waals surface area contributed by atoms with Crippen LogP contribution >= 0.6 is 23.2 Å². The zero-order chi connectivity index (χ0) is 20.0. The van der Waals surface area contributed by atoms with Crippen LogP contribution in [0.2, 0.25) is 10.0 Å². The van der Waals surface area contributed by atoms with E-state index in [0.29, 0.717) is 33.9 Å². The Kier molecular flexibility index (Phi) is 7.68. The van der Waals surface area contributed by atoms with Crippen LogP contribution in [0.5, 0.6) is 0 Å². The van der Waals surface area contributed by atoms with E-state index in [-0.39, 0.29) is 18.4 Å². The minimum atomic E-state index is -0.348. The molecule has 0 aliphatic heterocycles. The maximum atomic E-state index is 12.8. The Balaban J connectivity index is 2.07. The lowest BCUT2D eigenvalue weighted by Crippen LogP contribution is -2.38. The van der Waals surface area contributed by atoms with E-state index in [1.54, 1.807) is 24.3 Å². The molecule has 0 aliphatic rings. The molecular formula is C19H24Cl2N4O2. The van der Waals surface area contributed by atoms with E-state index >= 15 is 0 Å². The average Bonchev–Trinajstić information content (AvgIpc) is 3.04. The second kappa shape index (κ2) is 9.76. The van der Waals surface area contributed by atoms with Gasteiger partial charge in [-0.05, 0) is 43.0 Å². The third-order valence-electron chi connectivity index (χ3n) is 3.80. The van der Waals surface area contributed by atoms with Gasteiger partial charge in [-0.3, -0.25) is 14.7 Å². The highest BCUT2D eigenvalue weighted by molar-refractivity contribution is 6.35. The fourth-order valence-corrected chi connectivity index (χ4v) is 2.99. The summed E-state index contributed by atoms with van der Waals surface area (Å²) in [6, 6.07) is 6.56. The Labute approximate surface area is 169 Å². The van der Waals surface area contributed by atoms with E-state index in [0.717, 1.165) is 18.5 Å². The summed E-state index contributed by atoms with van der Waals surface area (Å²) < 4.78 is 0. The lowest BCUT2D eigenvalue weighted by Gasteiger charge is -2.20. The number of carbonyl (C=O) groups is 2. The molecule has 0 bridgehead atoms. The van der Waals surface area contributed by atoms with Crippen LogP contribution in [0, 0.1) is 5.92 Å². The number of benzene rings is 1. The number of halogens is 2. The molecule has 1 aromatic heterocycles. The molecule has 8 heteroatoms. The van der Waals surface area contributed by atoms with Gasteiger partial charge in [0.15, 0.2) is 0 Å². The number of nitrogens with one attached hydrogen (secondary N) is 2. The molecule has 0 aliphatic carbocycles. The molecule has 27 heavy (non-hydrogen) atoms. The van der Waals surface area contributed by atoms with Crippen molar-refractivity contribution in [1.29, 1.82) is 0 Å². The monoisotopic (exact) mass is 410 g/mol. The molecular weight excluding hydrogens is 387 g/mol. The molecule has 0 saturated heterocycles. The van der Waals surface area contributed by atoms with Gasteiger partial charge in [-0.1, -0.05) is 44.0 Å². The first-order valence-corrected chi connectivity index (χ1v) is 9.64. The van der Waals surface area contributed by atoms with Crippen LogP contribution in [-0.4, -0.2) is 40.0 Å². The molecule has 2 rings (SSSR count). The second-order valence-electron chi connectivity index (χ2n) is 6.78. The molecule has 6 nitrogen and oxygen atoms in total. The Hall–Kier alpha value is -2.05. The highest BCUT2D eigenvalue weighted by Crippen LogP contribution is 2.25. The molecule has 0 fully saturated rings. The number of anilines is 1. The number of nitrogens with zero attached hydrogens (tertiary/aromatic N) is 2. The van der Waals surface area contributed by atoms with Crippen molar-refractivity contribution in [2.24, 2.45) is 5.92 Å². The molecule has 0 unspecified atom stereocenters. The fourth-order valence-electron chi connectivity index (χ4n) is 2.66. The van der Waals surface area contributed by atoms with Crippen LogP contribution in [0.4, 0.5) is 5.69 Å². The highest BCUT2D eigenvalue weighted by Gasteiger charge is 2.21. The third-order valence-corrected chi connectivity index (χ3v) is 4.36. The van der Waals surface area contributed by atoms with Crippen LogP contribution in [-0.2, 0) is 11.2 Å². The van der Waals surface area contributed by atoms with Crippen LogP contribution < -0.4 is 5.32 Å². The van der Waals surface area contributed by atoms with Crippen LogP contribution in [0.25, 0.3) is 0 Å². The van der Waals surface area contributed by atoms with Crippen molar-refractivity contribution >= 4 is 40.7 Å². The van der Waals surface area contributed by atoms with Gasteiger partial charge in [-0.25, -0.2) is 0 Å². The number of aromatic amines is 1. The van der Waals surface area contributed by atoms with E-state index in [1.807, 2.05) is 6.92 Å². The lowest BCUT2D eigenvalue weighted by atomic mass is 10.1. The van der Waals surface area contributed by atoms with Gasteiger partial charge in [-0.15, -0.1) is 0 Å². The van der Waals surface area contributed by atoms with Crippen LogP contribution in [0.1, 0.15) is 43.4 Å². The predicted molar refractivity (Wildman–Crippen MR) is 108 cm³/mol. The van der Waals surface area contributed by atoms with E-state index in [9.17, 15) is 9.59 Å². The molecule has 2 aromatic rings. The topological polar surface area (TPSA) is 78.1 Å². The van der Waals surface area contributed by atoms with Gasteiger partial charge in [-0.2, -0.15) is 5.10 Å². The summed E-state index contributed by atoms with van der Waals surface area (Å²) in [5.41, 5.74) is 1.63. The molecule has 0 saturated carbocycles. The number of hydrogen-bond donors (Lipinski definition) is 2. The highest BCUT2D eigenvalue weighted by atomic mass is 35.5. The van der Waals surface area contributed by atoms with E-state index in [4.69, 9.17) is 23.2 Å². The maximum Gasteiger partial charge on any atom is 0.274 e. The zero-order valence-corrected chi connectivity index (χ0v) is 17.2. The van der Waals surface area contributed by atoms with E-state index in [2.05, 4.69) is 29.4 Å². The summed E-state index contributed by atoms with van der Waals surface area (Å²) in [4.78, 5) is 26.6. The molecule has 0 atom stereocenters. The first-order chi connectivity index (χ1) is 12.8. The summed E-state index contributed by atoms with van der Waals surface area (Å²) >= 11 is 12.0. The van der Waals surface area contributed by atoms with Gasteiger partial charge in [0.1, 0.15) is 12.2 Å². The van der Waals surface area contributed by atoms with Crippen molar-refractivity contribution in [2.75, 3.05) is 18.4 Å². The van der Waals surface area contributed by atoms with Gasteiger partial charge >= 0.3 is 0 Å². The van der Waals surface area contributed by atoms with Crippen molar-refractivity contribution in [2.45, 2.75) is 33.6 Å². The Morgan fingerprint density at radius 2 is 2.00 bits per heavy atom. The number of amides is 2. The van der Waals surface area contributed by atoms with Gasteiger partial charge in [0.25, 0.3) is 5.91 Å². The Morgan fingerprint density at radius 1 is 1.26 bits per heavy atom. The molecule has 1 aromatic carbocycles. The minimum Gasteiger partial charge on any atom is -0.328 e. The quantitative estimate of drug-likeness (QED) is 0.676. The third kappa shape index (κ3) is 6.26. The summed E-state index contributed by atoms with van der Waals surface area (Å²) in [6.07, 6.45) is 1.53. The molecule has 2 amide bonds. The molecule has 2 N–H and O–H groups in total. The first kappa shape index (κ1) is 21.3. The number of carbonyl (C=O) groups excluding carboxylic acids is 2. The van der Waals surface area contributed by atoms with Gasteiger partial charge in [0, 0.05) is 17.3 Å². The van der Waals surface area contributed by atoms with Crippen molar-refractivity contribution in [1.82, 2.24) is 15.1 Å². The smallest absolute Gasteiger partial charge is 0.274 e. The number of H-pyrrole nitrogens is 1. The van der Waals surface area contributed by atoms with E-state index < -0.39 is 0 Å². The second-order valence-corrected chi connectivity index (χ2v) is 7.62. The minimum absolute atomic E-state index is 0.0953. The molecule has 0 spiro atoms. The van der Waals surface area contributed by atoms with Crippen LogP contribution in [0.15, 0.2) is 24.3 Å². The number of aromatic nitrogens is 2. The summed E-state index contributed by atoms with van der Waals surface area (Å²) in [6.45, 7) is 6.48. The SMILES string of the molecule is CCCN(CC(=O)Nc1cc(Cl)ccc1Cl)C(=O)c1cc(CC(C)C)[nH]n1.